The number of anilines is 3. The molecule has 206 valence electrons. The van der Waals surface area contributed by atoms with Crippen molar-refractivity contribution in [3.05, 3.63) is 102 Å². The average Bonchev–Trinajstić information content (AvgIpc) is 2.92. The number of fused-ring (bicyclic) bond motifs is 1. The van der Waals surface area contributed by atoms with Crippen LogP contribution in [0, 0.1) is 19.3 Å². The summed E-state index contributed by atoms with van der Waals surface area (Å²) in [7, 11) is 0. The minimum Gasteiger partial charge on any atom is -0.382 e. The molecule has 1 aliphatic carbocycles. The Morgan fingerprint density at radius 1 is 0.846 bits per heavy atom. The van der Waals surface area contributed by atoms with Gasteiger partial charge in [0.05, 0.1) is 5.52 Å². The van der Waals surface area contributed by atoms with E-state index in [9.17, 15) is 0 Å². The fourth-order valence-electron chi connectivity index (χ4n) is 5.09. The first-order valence-electron chi connectivity index (χ1n) is 14.4. The number of rotatable bonds is 5. The van der Waals surface area contributed by atoms with Gasteiger partial charge in [-0.05, 0) is 85.7 Å². The van der Waals surface area contributed by atoms with Gasteiger partial charge < -0.3 is 16.0 Å². The van der Waals surface area contributed by atoms with E-state index < -0.39 is 0 Å². The Morgan fingerprint density at radius 3 is 2.21 bits per heavy atom. The van der Waals surface area contributed by atoms with Crippen LogP contribution in [0.4, 0.5) is 17.1 Å². The Balaban J connectivity index is 0.000000197. The van der Waals surface area contributed by atoms with E-state index in [1.165, 1.54) is 42.7 Å². The molecule has 39 heavy (non-hydrogen) atoms. The third kappa shape index (κ3) is 7.93. The summed E-state index contributed by atoms with van der Waals surface area (Å²) >= 11 is 0. The van der Waals surface area contributed by atoms with Crippen molar-refractivity contribution >= 4 is 34.0 Å². The zero-order valence-electron chi connectivity index (χ0n) is 24.6. The van der Waals surface area contributed by atoms with E-state index in [4.69, 9.17) is 0 Å². The molecule has 6 rings (SSSR count). The highest BCUT2D eigenvalue weighted by Gasteiger charge is 2.48. The molecule has 0 amide bonds. The molecular formula is C35H46N4. The average molecular weight is 523 g/mol. The second-order valence-electron chi connectivity index (χ2n) is 10.1. The van der Waals surface area contributed by atoms with E-state index in [1.807, 2.05) is 58.2 Å². The first kappa shape index (κ1) is 29.9. The second kappa shape index (κ2) is 14.5. The first-order valence-corrected chi connectivity index (χ1v) is 14.4. The number of hydrogen-bond acceptors (Lipinski definition) is 4. The topological polar surface area (TPSA) is 49.0 Å². The monoisotopic (exact) mass is 522 g/mol. The van der Waals surface area contributed by atoms with Gasteiger partial charge in [-0.2, -0.15) is 0 Å². The lowest BCUT2D eigenvalue weighted by molar-refractivity contribution is 0.0470. The maximum atomic E-state index is 4.40. The van der Waals surface area contributed by atoms with Crippen LogP contribution < -0.4 is 16.0 Å². The lowest BCUT2D eigenvalue weighted by Crippen LogP contribution is -2.63. The lowest BCUT2D eigenvalue weighted by Gasteiger charge is -2.54. The Morgan fingerprint density at radius 2 is 1.54 bits per heavy atom. The number of benzene rings is 3. The molecule has 2 heterocycles. The molecular weight excluding hydrogens is 476 g/mol. The maximum Gasteiger partial charge on any atom is 0.0723 e. The molecule has 3 aromatic carbocycles. The van der Waals surface area contributed by atoms with Crippen molar-refractivity contribution in [2.75, 3.05) is 23.7 Å². The van der Waals surface area contributed by atoms with Gasteiger partial charge in [-0.15, -0.1) is 0 Å². The van der Waals surface area contributed by atoms with Crippen molar-refractivity contribution in [1.29, 1.82) is 0 Å². The highest BCUT2D eigenvalue weighted by molar-refractivity contribution is 5.93. The van der Waals surface area contributed by atoms with E-state index in [0.29, 0.717) is 11.5 Å². The van der Waals surface area contributed by atoms with Crippen LogP contribution in [0.25, 0.3) is 17.0 Å². The number of hydrogen-bond donors (Lipinski definition) is 3. The zero-order chi connectivity index (χ0) is 28.3. The predicted octanol–water partition coefficient (Wildman–Crippen LogP) is 9.14. The van der Waals surface area contributed by atoms with Gasteiger partial charge in [0, 0.05) is 47.8 Å². The fourth-order valence-corrected chi connectivity index (χ4v) is 5.09. The largest absolute Gasteiger partial charge is 0.382 e. The molecule has 0 radical (unpaired) electrons. The quantitative estimate of drug-likeness (QED) is 0.245. The van der Waals surface area contributed by atoms with Crippen LogP contribution in [0.2, 0.25) is 0 Å². The SMILES string of the molecule is C=Cc1cccc(Nc2ccnc3ccc(C)cc23)c1.CC.CC.Cc1cccc(NC2CC3(CNC3)C2)c1. The normalized spacial score (nSPS) is 14.6. The van der Waals surface area contributed by atoms with Crippen molar-refractivity contribution in [1.82, 2.24) is 10.3 Å². The third-order valence-electron chi connectivity index (χ3n) is 7.05. The molecule has 2 aliphatic rings. The molecule has 1 spiro atoms. The van der Waals surface area contributed by atoms with Crippen molar-refractivity contribution in [2.45, 2.75) is 60.4 Å². The summed E-state index contributed by atoms with van der Waals surface area (Å²) < 4.78 is 0. The van der Waals surface area contributed by atoms with Crippen molar-refractivity contribution < 1.29 is 0 Å². The molecule has 0 bridgehead atoms. The molecule has 1 saturated heterocycles. The zero-order valence-corrected chi connectivity index (χ0v) is 24.6. The van der Waals surface area contributed by atoms with E-state index in [2.05, 4.69) is 96.0 Å². The number of nitrogens with zero attached hydrogens (tertiary/aromatic N) is 1. The summed E-state index contributed by atoms with van der Waals surface area (Å²) in [5.74, 6) is 0. The molecule has 3 N–H and O–H groups in total. The highest BCUT2D eigenvalue weighted by Crippen LogP contribution is 2.45. The second-order valence-corrected chi connectivity index (χ2v) is 10.1. The Hall–Kier alpha value is -3.63. The number of pyridine rings is 1. The molecule has 2 fully saturated rings. The van der Waals surface area contributed by atoms with E-state index >= 15 is 0 Å². The Labute approximate surface area is 236 Å². The minimum atomic E-state index is 0.668. The Kier molecular flexibility index (Phi) is 11.1. The highest BCUT2D eigenvalue weighted by atomic mass is 15.0. The van der Waals surface area contributed by atoms with Crippen LogP contribution in [0.1, 0.15) is 57.2 Å². The fraction of sp³-hybridized carbons (Fsp3) is 0.343. The first-order chi connectivity index (χ1) is 19.0. The molecule has 4 heteroatoms. The van der Waals surface area contributed by atoms with Crippen LogP contribution in [0.5, 0.6) is 0 Å². The summed E-state index contributed by atoms with van der Waals surface area (Å²) in [5, 5.41) is 11.6. The van der Waals surface area contributed by atoms with Crippen LogP contribution in [0.3, 0.4) is 0 Å². The maximum absolute atomic E-state index is 4.40. The number of aromatic nitrogens is 1. The summed E-state index contributed by atoms with van der Waals surface area (Å²) in [6.07, 6.45) is 6.36. The predicted molar refractivity (Wildman–Crippen MR) is 172 cm³/mol. The molecule has 0 unspecified atom stereocenters. The molecule has 1 saturated carbocycles. The summed E-state index contributed by atoms with van der Waals surface area (Å²) in [6.45, 7) is 18.5. The van der Waals surface area contributed by atoms with Crippen LogP contribution in [-0.4, -0.2) is 24.1 Å². The van der Waals surface area contributed by atoms with E-state index in [0.717, 1.165) is 27.8 Å². The van der Waals surface area contributed by atoms with Gasteiger partial charge in [-0.3, -0.25) is 4.98 Å². The molecule has 4 nitrogen and oxygen atoms in total. The minimum absolute atomic E-state index is 0.668. The Bertz CT molecular complexity index is 1330. The van der Waals surface area contributed by atoms with Gasteiger partial charge in [0.2, 0.25) is 0 Å². The molecule has 4 aromatic rings. The summed E-state index contributed by atoms with van der Waals surface area (Å²) in [5.41, 5.74) is 8.73. The number of aryl methyl sites for hydroxylation is 2. The standard InChI is InChI=1S/C18H16N2.C13H18N2.2C2H6/c1-3-14-5-4-6-15(12-14)20-18-9-10-19-17-8-7-13(2)11-16(17)18;1-10-3-2-4-11(5-10)15-12-6-13(7-12)8-14-9-13;2*1-2/h3-12H,1H2,2H3,(H,19,20);2-5,12,14-15H,6-9H2,1H3;2*1-2H3. The van der Waals surface area contributed by atoms with Gasteiger partial charge in [0.1, 0.15) is 0 Å². The van der Waals surface area contributed by atoms with Crippen LogP contribution in [-0.2, 0) is 0 Å². The van der Waals surface area contributed by atoms with Gasteiger partial charge >= 0.3 is 0 Å². The molecule has 0 atom stereocenters. The molecule has 1 aromatic heterocycles. The van der Waals surface area contributed by atoms with Gasteiger partial charge in [-0.25, -0.2) is 0 Å². The third-order valence-corrected chi connectivity index (χ3v) is 7.05. The van der Waals surface area contributed by atoms with E-state index in [-0.39, 0.29) is 0 Å². The van der Waals surface area contributed by atoms with E-state index in [1.54, 1.807) is 0 Å². The van der Waals surface area contributed by atoms with Crippen LogP contribution in [0.15, 0.2) is 85.6 Å². The van der Waals surface area contributed by atoms with Gasteiger partial charge in [0.15, 0.2) is 0 Å². The van der Waals surface area contributed by atoms with Crippen molar-refractivity contribution in [3.63, 3.8) is 0 Å². The smallest absolute Gasteiger partial charge is 0.0723 e. The van der Waals surface area contributed by atoms with Crippen LogP contribution >= 0.6 is 0 Å². The lowest BCUT2D eigenvalue weighted by atomic mass is 9.61. The number of nitrogens with one attached hydrogen (secondary N) is 3. The summed E-state index contributed by atoms with van der Waals surface area (Å²) in [6, 6.07) is 25.8. The van der Waals surface area contributed by atoms with Gasteiger partial charge in [0.25, 0.3) is 0 Å². The molecule has 1 aliphatic heterocycles. The van der Waals surface area contributed by atoms with Crippen molar-refractivity contribution in [2.24, 2.45) is 5.41 Å². The summed E-state index contributed by atoms with van der Waals surface area (Å²) in [4.78, 5) is 4.40. The van der Waals surface area contributed by atoms with Crippen molar-refractivity contribution in [3.8, 4) is 0 Å². The van der Waals surface area contributed by atoms with Gasteiger partial charge in [-0.1, -0.05) is 76.2 Å².